The summed E-state index contributed by atoms with van der Waals surface area (Å²) in [5, 5.41) is 2.99. The molecule has 4 heteroatoms. The highest BCUT2D eigenvalue weighted by molar-refractivity contribution is 6.08. The second kappa shape index (κ2) is 5.40. The third kappa shape index (κ3) is 2.52. The fourth-order valence-electron chi connectivity index (χ4n) is 2.45. The van der Waals surface area contributed by atoms with Crippen molar-refractivity contribution in [3.05, 3.63) is 65.6 Å². The first kappa shape index (κ1) is 13.4. The molecule has 0 atom stereocenters. The van der Waals surface area contributed by atoms with E-state index in [1.165, 1.54) is 0 Å². The summed E-state index contributed by atoms with van der Waals surface area (Å²) < 4.78 is 1.87. The average molecular weight is 279 g/mol. The number of hydrogen-bond donors (Lipinski definition) is 1. The second-order valence-electron chi connectivity index (χ2n) is 5.00. The smallest absolute Gasteiger partial charge is 0.259 e. The highest BCUT2D eigenvalue weighted by Gasteiger charge is 2.13. The molecule has 0 radical (unpaired) electrons. The number of carbonyl (C=O) groups is 1. The molecule has 1 N–H and O–H groups in total. The van der Waals surface area contributed by atoms with Gasteiger partial charge in [0.1, 0.15) is 5.65 Å². The lowest BCUT2D eigenvalue weighted by molar-refractivity contribution is 0.102. The molecule has 0 unspecified atom stereocenters. The van der Waals surface area contributed by atoms with E-state index in [2.05, 4.69) is 17.2 Å². The topological polar surface area (TPSA) is 46.4 Å². The minimum atomic E-state index is -0.132. The summed E-state index contributed by atoms with van der Waals surface area (Å²) in [4.78, 5) is 17.0. The van der Waals surface area contributed by atoms with Crippen LogP contribution in [-0.4, -0.2) is 15.3 Å². The summed E-state index contributed by atoms with van der Waals surface area (Å²) in [5.41, 5.74) is 4.13. The van der Waals surface area contributed by atoms with E-state index in [4.69, 9.17) is 0 Å². The Labute approximate surface area is 123 Å². The van der Waals surface area contributed by atoms with Crippen molar-refractivity contribution < 1.29 is 4.79 Å². The van der Waals surface area contributed by atoms with Crippen LogP contribution in [-0.2, 0) is 6.42 Å². The third-order valence-corrected chi connectivity index (χ3v) is 3.49. The predicted octanol–water partition coefficient (Wildman–Crippen LogP) is 3.46. The molecule has 0 aliphatic carbocycles. The number of benzene rings is 1. The number of aryl methyl sites for hydroxylation is 2. The molecule has 2 heterocycles. The van der Waals surface area contributed by atoms with Gasteiger partial charge < -0.3 is 9.72 Å². The molecular weight excluding hydrogens is 262 g/mol. The highest BCUT2D eigenvalue weighted by Crippen LogP contribution is 2.18. The Morgan fingerprint density at radius 3 is 2.86 bits per heavy atom. The van der Waals surface area contributed by atoms with Crippen LogP contribution in [0.2, 0.25) is 0 Å². The Morgan fingerprint density at radius 1 is 1.24 bits per heavy atom. The van der Waals surface area contributed by atoms with Crippen molar-refractivity contribution in [2.75, 3.05) is 5.32 Å². The number of pyridine rings is 1. The summed E-state index contributed by atoms with van der Waals surface area (Å²) in [5.74, 6) is -0.132. The minimum absolute atomic E-state index is 0.132. The normalized spacial score (nSPS) is 10.8. The van der Waals surface area contributed by atoms with Gasteiger partial charge in [-0.2, -0.15) is 0 Å². The molecular formula is C17H17N3O. The van der Waals surface area contributed by atoms with Crippen LogP contribution in [0.25, 0.3) is 5.65 Å². The van der Waals surface area contributed by atoms with Gasteiger partial charge in [-0.25, -0.2) is 4.98 Å². The molecule has 0 bridgehead atoms. The molecule has 106 valence electrons. The summed E-state index contributed by atoms with van der Waals surface area (Å²) >= 11 is 0. The van der Waals surface area contributed by atoms with E-state index >= 15 is 0 Å². The molecule has 0 aliphatic heterocycles. The second-order valence-corrected chi connectivity index (χ2v) is 5.00. The number of rotatable bonds is 3. The number of carbonyl (C=O) groups excluding carboxylic acids is 1. The van der Waals surface area contributed by atoms with Crippen molar-refractivity contribution >= 4 is 17.2 Å². The summed E-state index contributed by atoms with van der Waals surface area (Å²) in [6.07, 6.45) is 4.68. The quantitative estimate of drug-likeness (QED) is 0.798. The predicted molar refractivity (Wildman–Crippen MR) is 83.7 cm³/mol. The van der Waals surface area contributed by atoms with E-state index in [-0.39, 0.29) is 5.91 Å². The van der Waals surface area contributed by atoms with Crippen molar-refractivity contribution in [1.82, 2.24) is 9.38 Å². The number of nitrogens with zero attached hydrogens (tertiary/aromatic N) is 2. The minimum Gasteiger partial charge on any atom is -0.322 e. The van der Waals surface area contributed by atoms with Crippen LogP contribution in [0.1, 0.15) is 28.5 Å². The van der Waals surface area contributed by atoms with Crippen LogP contribution in [0.15, 0.2) is 48.8 Å². The zero-order valence-corrected chi connectivity index (χ0v) is 12.1. The first-order valence-corrected chi connectivity index (χ1v) is 7.02. The maximum Gasteiger partial charge on any atom is 0.259 e. The molecule has 3 aromatic rings. The lowest BCUT2D eigenvalue weighted by Gasteiger charge is -2.10. The van der Waals surface area contributed by atoms with Crippen LogP contribution in [0, 0.1) is 6.92 Å². The highest BCUT2D eigenvalue weighted by atomic mass is 16.1. The van der Waals surface area contributed by atoms with E-state index in [0.717, 1.165) is 23.4 Å². The van der Waals surface area contributed by atoms with E-state index in [1.54, 1.807) is 6.07 Å². The number of para-hydroxylation sites is 1. The molecule has 1 amide bonds. The number of aromatic nitrogens is 2. The molecule has 0 saturated carbocycles. The first-order chi connectivity index (χ1) is 10.2. The van der Waals surface area contributed by atoms with Crippen molar-refractivity contribution in [2.45, 2.75) is 20.3 Å². The van der Waals surface area contributed by atoms with E-state index in [0.29, 0.717) is 11.2 Å². The van der Waals surface area contributed by atoms with Gasteiger partial charge in [0.25, 0.3) is 5.91 Å². The lowest BCUT2D eigenvalue weighted by Crippen LogP contribution is -2.14. The van der Waals surface area contributed by atoms with Gasteiger partial charge in [-0.3, -0.25) is 4.79 Å². The standard InChI is InChI=1S/C17H17N3O/c1-3-13-7-4-5-9-15(13)19-17(21)14-8-6-10-20-11-12(2)18-16(14)20/h4-11H,3H2,1-2H3,(H,19,21). The van der Waals surface area contributed by atoms with E-state index < -0.39 is 0 Å². The molecule has 0 saturated heterocycles. The summed E-state index contributed by atoms with van der Waals surface area (Å²) in [7, 11) is 0. The Kier molecular flexibility index (Phi) is 3.44. The van der Waals surface area contributed by atoms with Gasteiger partial charge in [-0.05, 0) is 37.1 Å². The molecule has 3 rings (SSSR count). The maximum atomic E-state index is 12.5. The van der Waals surface area contributed by atoms with Gasteiger partial charge in [0.15, 0.2) is 0 Å². The molecule has 2 aromatic heterocycles. The molecule has 21 heavy (non-hydrogen) atoms. The Bertz CT molecular complexity index is 805. The van der Waals surface area contributed by atoms with Crippen molar-refractivity contribution in [2.24, 2.45) is 0 Å². The monoisotopic (exact) mass is 279 g/mol. The van der Waals surface area contributed by atoms with Crippen LogP contribution in [0.3, 0.4) is 0 Å². The largest absolute Gasteiger partial charge is 0.322 e. The van der Waals surface area contributed by atoms with Crippen molar-refractivity contribution in [1.29, 1.82) is 0 Å². The van der Waals surface area contributed by atoms with Gasteiger partial charge in [0.2, 0.25) is 0 Å². The lowest BCUT2D eigenvalue weighted by atomic mass is 10.1. The summed E-state index contributed by atoms with van der Waals surface area (Å²) in [6, 6.07) is 11.5. The number of amides is 1. The fourth-order valence-corrected chi connectivity index (χ4v) is 2.45. The Hall–Kier alpha value is -2.62. The first-order valence-electron chi connectivity index (χ1n) is 7.02. The Balaban J connectivity index is 1.97. The molecule has 0 aliphatic rings. The number of anilines is 1. The van der Waals surface area contributed by atoms with Crippen LogP contribution >= 0.6 is 0 Å². The zero-order valence-electron chi connectivity index (χ0n) is 12.1. The number of fused-ring (bicyclic) bond motifs is 1. The molecule has 4 nitrogen and oxygen atoms in total. The SMILES string of the molecule is CCc1ccccc1NC(=O)c1cccn2cc(C)nc12. The number of imidazole rings is 1. The molecule has 0 fully saturated rings. The van der Waals surface area contributed by atoms with Crippen LogP contribution in [0.4, 0.5) is 5.69 Å². The van der Waals surface area contributed by atoms with E-state index in [1.807, 2.05) is 54.0 Å². The van der Waals surface area contributed by atoms with Gasteiger partial charge in [0, 0.05) is 18.1 Å². The van der Waals surface area contributed by atoms with Gasteiger partial charge >= 0.3 is 0 Å². The average Bonchev–Trinajstić information content (AvgIpc) is 2.87. The zero-order chi connectivity index (χ0) is 14.8. The molecule has 0 spiro atoms. The van der Waals surface area contributed by atoms with Crippen molar-refractivity contribution in [3.8, 4) is 0 Å². The molecule has 1 aromatic carbocycles. The summed E-state index contributed by atoms with van der Waals surface area (Å²) in [6.45, 7) is 3.99. The fraction of sp³-hybridized carbons (Fsp3) is 0.176. The third-order valence-electron chi connectivity index (χ3n) is 3.49. The maximum absolute atomic E-state index is 12.5. The van der Waals surface area contributed by atoms with Crippen molar-refractivity contribution in [3.63, 3.8) is 0 Å². The van der Waals surface area contributed by atoms with E-state index in [9.17, 15) is 4.79 Å². The van der Waals surface area contributed by atoms with Gasteiger partial charge in [-0.15, -0.1) is 0 Å². The number of nitrogens with one attached hydrogen (secondary N) is 1. The van der Waals surface area contributed by atoms with Crippen LogP contribution < -0.4 is 5.32 Å². The van der Waals surface area contributed by atoms with Gasteiger partial charge in [-0.1, -0.05) is 25.1 Å². The number of hydrogen-bond acceptors (Lipinski definition) is 2. The van der Waals surface area contributed by atoms with Crippen LogP contribution in [0.5, 0.6) is 0 Å². The van der Waals surface area contributed by atoms with Gasteiger partial charge in [0.05, 0.1) is 11.3 Å². The Morgan fingerprint density at radius 2 is 2.05 bits per heavy atom.